The van der Waals surface area contributed by atoms with Gasteiger partial charge in [0.25, 0.3) is 0 Å². The molecule has 0 fully saturated rings. The molecule has 0 bridgehead atoms. The van der Waals surface area contributed by atoms with Crippen molar-refractivity contribution in [2.45, 2.75) is 20.3 Å². The molecule has 1 unspecified atom stereocenters. The predicted octanol–water partition coefficient (Wildman–Crippen LogP) is 2.60. The molecule has 0 spiro atoms. The molecule has 0 saturated heterocycles. The maximum Gasteiger partial charge on any atom is 0 e. The molecule has 0 nitrogen and oxygen atoms in total. The van der Waals surface area contributed by atoms with Crippen molar-refractivity contribution in [1.29, 1.82) is 0 Å². The van der Waals surface area contributed by atoms with Crippen LogP contribution >= 0.6 is 7.55 Å². The fraction of sp³-hybridized carbons (Fsp3) is 0.750. The fourth-order valence-electron chi connectivity index (χ4n) is 0.916. The molecule has 0 aliphatic heterocycles. The van der Waals surface area contributed by atoms with Gasteiger partial charge in [0.2, 0.25) is 0 Å². The Bertz CT molecular complexity index is 109. The summed E-state index contributed by atoms with van der Waals surface area (Å²) >= 11 is 0. The van der Waals surface area contributed by atoms with Gasteiger partial charge < -0.3 is 0 Å². The first-order chi connectivity index (χ1) is 4.70. The van der Waals surface area contributed by atoms with Crippen LogP contribution in [0.15, 0.2) is 0 Å². The van der Waals surface area contributed by atoms with Crippen LogP contribution in [-0.2, 0) is 42.1 Å². The van der Waals surface area contributed by atoms with Crippen LogP contribution in [0.25, 0.3) is 0 Å². The number of hydrogen-bond acceptors (Lipinski definition) is 0. The summed E-state index contributed by atoms with van der Waals surface area (Å²) in [7, 11) is -0.479. The maximum absolute atomic E-state index is 11.9. The zero-order chi connectivity index (χ0) is 7.98. The zero-order valence-electron chi connectivity index (χ0n) is 7.73. The Morgan fingerprint density at radius 1 is 1.42 bits per heavy atom. The minimum atomic E-state index is -0.479. The molecule has 4 heteroatoms. The monoisotopic (exact) mass is 531 g/mol. The summed E-state index contributed by atoms with van der Waals surface area (Å²) in [6.45, 7) is 3.78. The smallest absolute Gasteiger partial charge is 0 e. The van der Waals surface area contributed by atoms with Crippen LogP contribution in [0.3, 0.4) is 0 Å². The first-order valence-corrected chi connectivity index (χ1v) is 5.86. The van der Waals surface area contributed by atoms with Crippen molar-refractivity contribution in [3.8, 4) is 0 Å². The van der Waals surface area contributed by atoms with E-state index in [1.165, 1.54) is 12.6 Å². The van der Waals surface area contributed by atoms with Gasteiger partial charge >= 0.3 is 0 Å². The summed E-state index contributed by atoms with van der Waals surface area (Å²) in [6.07, 6.45) is 7.39. The van der Waals surface area contributed by atoms with E-state index < -0.39 is 7.55 Å². The summed E-state index contributed by atoms with van der Waals surface area (Å²) in [5.41, 5.74) is 0. The van der Waals surface area contributed by atoms with Gasteiger partial charge in [0.1, 0.15) is 0 Å². The summed E-state index contributed by atoms with van der Waals surface area (Å²) in [6, 6.07) is 0. The fourth-order valence-corrected chi connectivity index (χ4v) is 2.75. The third kappa shape index (κ3) is 11.6. The Hall–Kier alpha value is 1.61. The molecule has 0 aromatic carbocycles. The van der Waals surface area contributed by atoms with E-state index in [4.69, 9.17) is 0 Å². The topological polar surface area (TPSA) is 0 Å². The Kier molecular flexibility index (Phi) is 20.2. The Balaban J connectivity index is -0.000000405. The van der Waals surface area contributed by atoms with Gasteiger partial charge in [-0.25, -0.2) is 0 Å². The molecule has 0 amide bonds. The van der Waals surface area contributed by atoms with Crippen LogP contribution in [0.4, 0.5) is 4.39 Å². The molecule has 0 aromatic heterocycles. The van der Waals surface area contributed by atoms with E-state index in [2.05, 4.69) is 13.2 Å². The molecule has 12 heavy (non-hydrogen) atoms. The van der Waals surface area contributed by atoms with E-state index in [1.807, 2.05) is 6.92 Å². The first-order valence-electron chi connectivity index (χ1n) is 3.74. The molecule has 0 rings (SSSR count). The van der Waals surface area contributed by atoms with Crippen molar-refractivity contribution in [2.75, 3.05) is 19.0 Å². The molecule has 74 valence electrons. The third-order valence-corrected chi connectivity index (χ3v) is 3.69. The van der Waals surface area contributed by atoms with Gasteiger partial charge in [-0.05, 0) is 12.8 Å². The van der Waals surface area contributed by atoms with Crippen LogP contribution in [0.1, 0.15) is 20.3 Å². The van der Waals surface area contributed by atoms with Gasteiger partial charge in [-0.1, -0.05) is 13.3 Å². The van der Waals surface area contributed by atoms with E-state index in [-0.39, 0.29) is 48.8 Å². The predicted molar refractivity (Wildman–Crippen MR) is 50.4 cm³/mol. The Morgan fingerprint density at radius 3 is 2.25 bits per heavy atom. The van der Waals surface area contributed by atoms with E-state index >= 15 is 0 Å². The number of alkyl halides is 1. The number of halogens is 1. The molecule has 1 atom stereocenters. The summed E-state index contributed by atoms with van der Waals surface area (Å²) in [4.78, 5) is 0. The van der Waals surface area contributed by atoms with Gasteiger partial charge in [0.05, 0.1) is 0 Å². The second-order valence-electron chi connectivity index (χ2n) is 2.77. The average Bonchev–Trinajstić information content (AvgIpc) is 1.88. The standard InChI is InChI=1S/C8H17FP.2W/c1-4-5-10(3)7-8(2)6-9;;/h10H,3-7H2,1-2H3;;/q-1;;. The van der Waals surface area contributed by atoms with Gasteiger partial charge in [-0.3, -0.25) is 10.3 Å². The van der Waals surface area contributed by atoms with E-state index in [9.17, 15) is 4.39 Å². The van der Waals surface area contributed by atoms with Crippen LogP contribution in [0.2, 0.25) is 0 Å². The number of hydrogen-bond donors (Lipinski definition) is 0. The minimum absolute atomic E-state index is 0. The normalized spacial score (nSPS) is 11.7. The third-order valence-electron chi connectivity index (χ3n) is 1.38. The minimum Gasteiger partial charge on any atom is -0.286 e. The Morgan fingerprint density at radius 2 is 1.92 bits per heavy atom. The molecule has 0 radical (unpaired) electrons. The van der Waals surface area contributed by atoms with Crippen molar-refractivity contribution in [2.24, 2.45) is 0 Å². The van der Waals surface area contributed by atoms with E-state index in [1.54, 1.807) is 0 Å². The number of rotatable bonds is 5. The first kappa shape index (κ1) is 19.2. The van der Waals surface area contributed by atoms with Crippen LogP contribution in [-0.4, -0.2) is 25.3 Å². The Labute approximate surface area is 105 Å². The van der Waals surface area contributed by atoms with E-state index in [0.717, 1.165) is 12.1 Å². The van der Waals surface area contributed by atoms with Gasteiger partial charge in [0, 0.05) is 42.1 Å². The van der Waals surface area contributed by atoms with E-state index in [0.29, 0.717) is 0 Å². The maximum atomic E-state index is 11.9. The van der Waals surface area contributed by atoms with Gasteiger partial charge in [-0.15, -0.1) is 6.30 Å². The second kappa shape index (κ2) is 12.6. The van der Waals surface area contributed by atoms with Gasteiger partial charge in [-0.2, -0.15) is 20.6 Å². The molecule has 0 saturated carbocycles. The van der Waals surface area contributed by atoms with Gasteiger partial charge in [0.15, 0.2) is 0 Å². The largest absolute Gasteiger partial charge is 0.286 e. The van der Waals surface area contributed by atoms with Crippen LogP contribution in [0, 0.1) is 5.92 Å². The summed E-state index contributed by atoms with van der Waals surface area (Å²) in [5, 5.41) is 0. The molecule has 0 N–H and O–H groups in total. The van der Waals surface area contributed by atoms with Crippen molar-refractivity contribution in [3.63, 3.8) is 0 Å². The van der Waals surface area contributed by atoms with Crippen LogP contribution in [0.5, 0.6) is 0 Å². The quantitative estimate of drug-likeness (QED) is 0.379. The van der Waals surface area contributed by atoms with Crippen molar-refractivity contribution in [1.82, 2.24) is 0 Å². The molecule has 0 aliphatic rings. The SMILES string of the molecule is C=[PH](CCC)C[C-](C)CF.[W].[W]. The van der Waals surface area contributed by atoms with Crippen molar-refractivity contribution >= 4 is 13.8 Å². The van der Waals surface area contributed by atoms with Crippen molar-refractivity contribution in [3.05, 3.63) is 5.92 Å². The van der Waals surface area contributed by atoms with Crippen molar-refractivity contribution < 1.29 is 46.5 Å². The molecular formula is C8H17FPW2-. The second-order valence-corrected chi connectivity index (χ2v) is 5.12. The van der Waals surface area contributed by atoms with Crippen LogP contribution < -0.4 is 0 Å². The molecular weight excluding hydrogens is 514 g/mol. The molecule has 0 aliphatic carbocycles. The summed E-state index contributed by atoms with van der Waals surface area (Å²) < 4.78 is 11.9. The summed E-state index contributed by atoms with van der Waals surface area (Å²) in [5.74, 6) is 0.970. The zero-order valence-corrected chi connectivity index (χ0v) is 14.6. The molecule has 0 heterocycles. The average molecular weight is 531 g/mol. The molecule has 0 aromatic rings.